The number of methoxy groups -OCH3 is 1. The number of aryl methyl sites for hydroxylation is 1. The zero-order valence-corrected chi connectivity index (χ0v) is 11.3. The average molecular weight is 266 g/mol. The number of aromatic nitrogens is 2. The lowest BCUT2D eigenvalue weighted by atomic mass is 10.2. The number of aldehydes is 1. The second-order valence-corrected chi connectivity index (χ2v) is 4.56. The standard InChI is InChI=1S/C16H14N2O2/c1-18-14-8-7-11(10-19)9-13(14)17-16(18)12-5-3-4-6-15(12)20-2/h3-10H,1-2H3. The molecule has 20 heavy (non-hydrogen) atoms. The molecule has 0 N–H and O–H groups in total. The number of carbonyl (C=O) groups excluding carboxylic acids is 1. The predicted molar refractivity (Wildman–Crippen MR) is 78.1 cm³/mol. The van der Waals surface area contributed by atoms with Crippen LogP contribution in [0.25, 0.3) is 22.4 Å². The molecule has 0 radical (unpaired) electrons. The van der Waals surface area contributed by atoms with E-state index < -0.39 is 0 Å². The molecule has 1 heterocycles. The van der Waals surface area contributed by atoms with E-state index in [1.54, 1.807) is 19.2 Å². The number of rotatable bonds is 3. The second kappa shape index (κ2) is 4.81. The van der Waals surface area contributed by atoms with Crippen molar-refractivity contribution >= 4 is 17.3 Å². The summed E-state index contributed by atoms with van der Waals surface area (Å²) in [6.07, 6.45) is 0.830. The van der Waals surface area contributed by atoms with E-state index in [1.807, 2.05) is 41.9 Å². The number of hydrogen-bond donors (Lipinski definition) is 0. The Morgan fingerprint density at radius 1 is 1.20 bits per heavy atom. The number of hydrogen-bond acceptors (Lipinski definition) is 3. The molecular formula is C16H14N2O2. The van der Waals surface area contributed by atoms with Crippen LogP contribution in [-0.2, 0) is 7.05 Å². The highest BCUT2D eigenvalue weighted by molar-refractivity contribution is 5.87. The van der Waals surface area contributed by atoms with E-state index in [-0.39, 0.29) is 0 Å². The fourth-order valence-electron chi connectivity index (χ4n) is 2.36. The Bertz CT molecular complexity index is 790. The fourth-order valence-corrected chi connectivity index (χ4v) is 2.36. The van der Waals surface area contributed by atoms with Crippen molar-refractivity contribution in [3.8, 4) is 17.1 Å². The van der Waals surface area contributed by atoms with Crippen molar-refractivity contribution < 1.29 is 9.53 Å². The quantitative estimate of drug-likeness (QED) is 0.684. The Hall–Kier alpha value is -2.62. The van der Waals surface area contributed by atoms with Gasteiger partial charge >= 0.3 is 0 Å². The van der Waals surface area contributed by atoms with Gasteiger partial charge in [0.15, 0.2) is 0 Å². The smallest absolute Gasteiger partial charge is 0.150 e. The molecule has 0 atom stereocenters. The van der Waals surface area contributed by atoms with E-state index in [0.717, 1.165) is 34.5 Å². The number of nitrogens with zero attached hydrogens (tertiary/aromatic N) is 2. The van der Waals surface area contributed by atoms with Gasteiger partial charge in [0.1, 0.15) is 17.9 Å². The molecule has 3 aromatic rings. The Labute approximate surface area is 116 Å². The molecule has 2 aromatic carbocycles. The average Bonchev–Trinajstić information content (AvgIpc) is 2.83. The summed E-state index contributed by atoms with van der Waals surface area (Å²) in [5.74, 6) is 1.60. The van der Waals surface area contributed by atoms with Gasteiger partial charge in [0, 0.05) is 12.6 Å². The van der Waals surface area contributed by atoms with E-state index >= 15 is 0 Å². The van der Waals surface area contributed by atoms with E-state index in [1.165, 1.54) is 0 Å². The first kappa shape index (κ1) is 12.4. The third-order valence-electron chi connectivity index (χ3n) is 3.39. The SMILES string of the molecule is COc1ccccc1-c1nc2cc(C=O)ccc2n1C. The number of para-hydroxylation sites is 1. The molecule has 0 fully saturated rings. The largest absolute Gasteiger partial charge is 0.496 e. The first-order chi connectivity index (χ1) is 9.74. The van der Waals surface area contributed by atoms with Gasteiger partial charge in [0.2, 0.25) is 0 Å². The molecule has 0 aliphatic rings. The highest BCUT2D eigenvalue weighted by atomic mass is 16.5. The summed E-state index contributed by atoms with van der Waals surface area (Å²) in [5.41, 5.74) is 3.35. The molecule has 4 heteroatoms. The van der Waals surface area contributed by atoms with E-state index in [9.17, 15) is 4.79 Å². The van der Waals surface area contributed by atoms with Crippen LogP contribution in [0.4, 0.5) is 0 Å². The van der Waals surface area contributed by atoms with Crippen LogP contribution in [0.1, 0.15) is 10.4 Å². The summed E-state index contributed by atoms with van der Waals surface area (Å²) in [6.45, 7) is 0. The lowest BCUT2D eigenvalue weighted by molar-refractivity contribution is 0.112. The Morgan fingerprint density at radius 3 is 2.75 bits per heavy atom. The molecule has 4 nitrogen and oxygen atoms in total. The second-order valence-electron chi connectivity index (χ2n) is 4.56. The molecular weight excluding hydrogens is 252 g/mol. The van der Waals surface area contributed by atoms with Crippen molar-refractivity contribution in [3.05, 3.63) is 48.0 Å². The normalized spacial score (nSPS) is 10.7. The van der Waals surface area contributed by atoms with E-state index in [2.05, 4.69) is 4.98 Å². The van der Waals surface area contributed by atoms with Gasteiger partial charge in [-0.05, 0) is 30.3 Å². The maximum absolute atomic E-state index is 10.9. The van der Waals surface area contributed by atoms with Gasteiger partial charge < -0.3 is 9.30 Å². The number of carbonyl (C=O) groups is 1. The maximum Gasteiger partial charge on any atom is 0.150 e. The molecule has 0 aliphatic heterocycles. The highest BCUT2D eigenvalue weighted by Crippen LogP contribution is 2.31. The summed E-state index contributed by atoms with van der Waals surface area (Å²) in [6, 6.07) is 13.3. The van der Waals surface area contributed by atoms with Crippen LogP contribution < -0.4 is 4.74 Å². The van der Waals surface area contributed by atoms with E-state index in [4.69, 9.17) is 4.74 Å². The number of benzene rings is 2. The van der Waals surface area contributed by atoms with Crippen molar-refractivity contribution in [1.82, 2.24) is 9.55 Å². The van der Waals surface area contributed by atoms with Gasteiger partial charge in [-0.1, -0.05) is 12.1 Å². The van der Waals surface area contributed by atoms with Crippen molar-refractivity contribution in [2.45, 2.75) is 0 Å². The first-order valence-corrected chi connectivity index (χ1v) is 6.29. The minimum atomic E-state index is 0.627. The van der Waals surface area contributed by atoms with Crippen LogP contribution in [0.15, 0.2) is 42.5 Å². The van der Waals surface area contributed by atoms with Crippen LogP contribution in [0.5, 0.6) is 5.75 Å². The number of imidazole rings is 1. The first-order valence-electron chi connectivity index (χ1n) is 6.29. The third-order valence-corrected chi connectivity index (χ3v) is 3.39. The molecule has 0 unspecified atom stereocenters. The van der Waals surface area contributed by atoms with Gasteiger partial charge in [0.05, 0.1) is 23.7 Å². The molecule has 0 amide bonds. The van der Waals surface area contributed by atoms with Crippen molar-refractivity contribution in [3.63, 3.8) is 0 Å². The van der Waals surface area contributed by atoms with Crippen LogP contribution in [0.2, 0.25) is 0 Å². The van der Waals surface area contributed by atoms with Crippen LogP contribution >= 0.6 is 0 Å². The Balaban J connectivity index is 2.26. The monoisotopic (exact) mass is 266 g/mol. The lowest BCUT2D eigenvalue weighted by Crippen LogP contribution is -1.95. The summed E-state index contributed by atoms with van der Waals surface area (Å²) < 4.78 is 7.39. The lowest BCUT2D eigenvalue weighted by Gasteiger charge is -2.07. The topological polar surface area (TPSA) is 44.1 Å². The molecule has 0 spiro atoms. The minimum absolute atomic E-state index is 0.627. The Morgan fingerprint density at radius 2 is 2.00 bits per heavy atom. The summed E-state index contributed by atoms with van der Waals surface area (Å²) in [7, 11) is 3.60. The molecule has 100 valence electrons. The predicted octanol–water partition coefficient (Wildman–Crippen LogP) is 3.06. The molecule has 0 saturated carbocycles. The van der Waals surface area contributed by atoms with Gasteiger partial charge in [-0.25, -0.2) is 4.98 Å². The highest BCUT2D eigenvalue weighted by Gasteiger charge is 2.13. The van der Waals surface area contributed by atoms with Gasteiger partial charge in [-0.15, -0.1) is 0 Å². The summed E-state index contributed by atoms with van der Waals surface area (Å²) in [4.78, 5) is 15.5. The molecule has 1 aromatic heterocycles. The van der Waals surface area contributed by atoms with E-state index in [0.29, 0.717) is 5.56 Å². The van der Waals surface area contributed by atoms with Gasteiger partial charge in [0.25, 0.3) is 0 Å². The van der Waals surface area contributed by atoms with Crippen LogP contribution in [-0.4, -0.2) is 22.9 Å². The van der Waals surface area contributed by atoms with Crippen molar-refractivity contribution in [2.75, 3.05) is 7.11 Å². The van der Waals surface area contributed by atoms with Crippen LogP contribution in [0, 0.1) is 0 Å². The van der Waals surface area contributed by atoms with Crippen LogP contribution in [0.3, 0.4) is 0 Å². The molecule has 3 rings (SSSR count). The Kier molecular flexibility index (Phi) is 2.99. The summed E-state index contributed by atoms with van der Waals surface area (Å²) >= 11 is 0. The zero-order chi connectivity index (χ0) is 14.1. The minimum Gasteiger partial charge on any atom is -0.496 e. The van der Waals surface area contributed by atoms with Crippen molar-refractivity contribution in [1.29, 1.82) is 0 Å². The van der Waals surface area contributed by atoms with Gasteiger partial charge in [-0.2, -0.15) is 0 Å². The summed E-state index contributed by atoms with van der Waals surface area (Å²) in [5, 5.41) is 0. The maximum atomic E-state index is 10.9. The number of fused-ring (bicyclic) bond motifs is 1. The molecule has 0 aliphatic carbocycles. The third kappa shape index (κ3) is 1.86. The fraction of sp³-hybridized carbons (Fsp3) is 0.125. The number of ether oxygens (including phenoxy) is 1. The van der Waals surface area contributed by atoms with Gasteiger partial charge in [-0.3, -0.25) is 4.79 Å². The van der Waals surface area contributed by atoms with Crippen molar-refractivity contribution in [2.24, 2.45) is 7.05 Å². The molecule has 0 saturated heterocycles. The zero-order valence-electron chi connectivity index (χ0n) is 11.3. The molecule has 0 bridgehead atoms.